The molecule has 1 aromatic carbocycles. The highest BCUT2D eigenvalue weighted by atomic mass is 32.2. The van der Waals surface area contributed by atoms with Gasteiger partial charge < -0.3 is 10.1 Å². The molecule has 1 aliphatic heterocycles. The molecule has 1 aromatic heterocycles. The average molecular weight is 477 g/mol. The minimum atomic E-state index is -5.72. The van der Waals surface area contributed by atoms with Gasteiger partial charge in [-0.25, -0.2) is 4.98 Å². The van der Waals surface area contributed by atoms with Crippen LogP contribution in [0.1, 0.15) is 32.3 Å². The number of hydrogen-bond acceptors (Lipinski definition) is 5. The number of fused-ring (bicyclic) bond motifs is 1. The number of carbonyl (C=O) groups excluding carboxylic acids is 1. The number of benzene rings is 1. The highest BCUT2D eigenvalue weighted by Crippen LogP contribution is 2.36. The number of ether oxygens (including phenoxy) is 1. The summed E-state index contributed by atoms with van der Waals surface area (Å²) in [6, 6.07) is 5.10. The number of thioether (sulfide) groups is 1. The first-order chi connectivity index (χ1) is 15.0. The summed E-state index contributed by atoms with van der Waals surface area (Å²) in [6.45, 7) is 2.11. The molecular formula is C20H20F5N3O3S. The van der Waals surface area contributed by atoms with Crippen molar-refractivity contribution in [1.82, 2.24) is 9.55 Å². The fraction of sp³-hybridized carbons (Fsp3) is 0.450. The largest absolute Gasteiger partial charge is 0.487 e. The normalized spacial score (nSPS) is 13.9. The Morgan fingerprint density at radius 1 is 1.12 bits per heavy atom. The second-order valence-electron chi connectivity index (χ2n) is 7.13. The molecule has 6 nitrogen and oxygen atoms in total. The predicted molar refractivity (Wildman–Crippen MR) is 109 cm³/mol. The second kappa shape index (κ2) is 9.08. The molecule has 0 fully saturated rings. The molecular weight excluding hydrogens is 457 g/mol. The van der Waals surface area contributed by atoms with Gasteiger partial charge in [0.1, 0.15) is 11.6 Å². The third kappa shape index (κ3) is 4.89. The SMILES string of the molecule is CCC(CC)Sc1nc2c(c(=O)n1-c1ccc(OCC(F)(F)C(F)(F)F)cc1)CC(=O)N2. The molecule has 3 rings (SSSR count). The van der Waals surface area contributed by atoms with Gasteiger partial charge in [0.15, 0.2) is 11.8 Å². The summed E-state index contributed by atoms with van der Waals surface area (Å²) in [5.74, 6) is -5.36. The number of carbonyl (C=O) groups is 1. The fourth-order valence-electron chi connectivity index (χ4n) is 2.99. The maximum atomic E-state index is 13.1. The van der Waals surface area contributed by atoms with Crippen molar-refractivity contribution in [3.63, 3.8) is 0 Å². The van der Waals surface area contributed by atoms with Crippen molar-refractivity contribution >= 4 is 23.5 Å². The van der Waals surface area contributed by atoms with E-state index < -0.39 is 24.3 Å². The summed E-state index contributed by atoms with van der Waals surface area (Å²) in [6.07, 6.45) is -4.23. The van der Waals surface area contributed by atoms with Gasteiger partial charge >= 0.3 is 12.1 Å². The van der Waals surface area contributed by atoms with Crippen molar-refractivity contribution in [3.8, 4) is 11.4 Å². The highest BCUT2D eigenvalue weighted by molar-refractivity contribution is 7.99. The molecule has 0 aliphatic carbocycles. The van der Waals surface area contributed by atoms with E-state index in [9.17, 15) is 31.5 Å². The maximum Gasteiger partial charge on any atom is 0.456 e. The lowest BCUT2D eigenvalue weighted by Gasteiger charge is -2.20. The lowest BCUT2D eigenvalue weighted by molar-refractivity contribution is -0.290. The Balaban J connectivity index is 1.94. The molecule has 1 amide bonds. The first kappa shape index (κ1) is 24.0. The number of halogens is 5. The van der Waals surface area contributed by atoms with Crippen LogP contribution in [-0.4, -0.2) is 39.4 Å². The van der Waals surface area contributed by atoms with Gasteiger partial charge in [-0.2, -0.15) is 22.0 Å². The van der Waals surface area contributed by atoms with Gasteiger partial charge in [0.05, 0.1) is 17.7 Å². The van der Waals surface area contributed by atoms with Crippen molar-refractivity contribution < 1.29 is 31.5 Å². The van der Waals surface area contributed by atoms with Crippen LogP contribution in [-0.2, 0) is 11.2 Å². The molecule has 0 spiro atoms. The first-order valence-corrected chi connectivity index (χ1v) is 10.6. The summed E-state index contributed by atoms with van der Waals surface area (Å²) in [7, 11) is 0. The number of nitrogens with zero attached hydrogens (tertiary/aromatic N) is 2. The van der Waals surface area contributed by atoms with Crippen molar-refractivity contribution in [2.75, 3.05) is 11.9 Å². The van der Waals surface area contributed by atoms with Crippen LogP contribution in [0.15, 0.2) is 34.2 Å². The lowest BCUT2D eigenvalue weighted by atomic mass is 10.2. The number of alkyl halides is 5. The van der Waals surface area contributed by atoms with Crippen LogP contribution in [0.5, 0.6) is 5.75 Å². The number of nitrogens with one attached hydrogen (secondary N) is 1. The molecule has 2 aromatic rings. The van der Waals surface area contributed by atoms with Crippen LogP contribution in [0, 0.1) is 0 Å². The Hall–Kier alpha value is -2.63. The van der Waals surface area contributed by atoms with Gasteiger partial charge in [0, 0.05) is 5.25 Å². The fourth-order valence-corrected chi connectivity index (χ4v) is 4.06. The first-order valence-electron chi connectivity index (χ1n) is 9.77. The van der Waals surface area contributed by atoms with Gasteiger partial charge in [-0.3, -0.25) is 14.2 Å². The molecule has 0 atom stereocenters. The van der Waals surface area contributed by atoms with E-state index in [1.807, 2.05) is 13.8 Å². The molecule has 174 valence electrons. The van der Waals surface area contributed by atoms with Crippen LogP contribution in [0.25, 0.3) is 5.69 Å². The zero-order valence-electron chi connectivity index (χ0n) is 17.1. The second-order valence-corrected chi connectivity index (χ2v) is 8.40. The number of amides is 1. The van der Waals surface area contributed by atoms with Crippen LogP contribution in [0.4, 0.5) is 27.8 Å². The monoisotopic (exact) mass is 477 g/mol. The maximum absolute atomic E-state index is 13.1. The minimum Gasteiger partial charge on any atom is -0.487 e. The van der Waals surface area contributed by atoms with E-state index in [1.54, 1.807) is 0 Å². The number of aromatic nitrogens is 2. The summed E-state index contributed by atoms with van der Waals surface area (Å²) in [5, 5.41) is 3.04. The van der Waals surface area contributed by atoms with Crippen molar-refractivity contribution in [1.29, 1.82) is 0 Å². The zero-order chi connectivity index (χ0) is 23.7. The van der Waals surface area contributed by atoms with Crippen molar-refractivity contribution in [2.45, 2.75) is 55.6 Å². The molecule has 1 N–H and O–H groups in total. The molecule has 12 heteroatoms. The smallest absolute Gasteiger partial charge is 0.456 e. The Morgan fingerprint density at radius 3 is 2.31 bits per heavy atom. The van der Waals surface area contributed by atoms with Crippen LogP contribution in [0.3, 0.4) is 0 Å². The van der Waals surface area contributed by atoms with Crippen molar-refractivity contribution in [3.05, 3.63) is 40.2 Å². The zero-order valence-corrected chi connectivity index (χ0v) is 17.9. The third-order valence-electron chi connectivity index (χ3n) is 4.85. The summed E-state index contributed by atoms with van der Waals surface area (Å²) in [5.41, 5.74) is 0.0566. The van der Waals surface area contributed by atoms with Crippen LogP contribution in [0.2, 0.25) is 0 Å². The Bertz CT molecular complexity index is 1050. The van der Waals surface area contributed by atoms with E-state index >= 15 is 0 Å². The van der Waals surface area contributed by atoms with Gasteiger partial charge in [-0.1, -0.05) is 25.6 Å². The lowest BCUT2D eigenvalue weighted by Crippen LogP contribution is -2.41. The Morgan fingerprint density at radius 2 is 1.75 bits per heavy atom. The van der Waals surface area contributed by atoms with Crippen LogP contribution < -0.4 is 15.6 Å². The van der Waals surface area contributed by atoms with E-state index in [0.29, 0.717) is 10.8 Å². The third-order valence-corrected chi connectivity index (χ3v) is 6.34. The number of hydrogen-bond donors (Lipinski definition) is 1. The van der Waals surface area contributed by atoms with E-state index in [0.717, 1.165) is 12.8 Å². The molecule has 0 unspecified atom stereocenters. The van der Waals surface area contributed by atoms with E-state index in [1.165, 1.54) is 40.6 Å². The van der Waals surface area contributed by atoms with Gasteiger partial charge in [-0.05, 0) is 37.1 Å². The summed E-state index contributed by atoms with van der Waals surface area (Å²) >= 11 is 1.36. The molecule has 0 bridgehead atoms. The van der Waals surface area contributed by atoms with Crippen LogP contribution >= 0.6 is 11.8 Å². The predicted octanol–water partition coefficient (Wildman–Crippen LogP) is 4.58. The van der Waals surface area contributed by atoms with Crippen molar-refractivity contribution in [2.24, 2.45) is 0 Å². The molecule has 32 heavy (non-hydrogen) atoms. The molecule has 1 aliphatic rings. The molecule has 0 radical (unpaired) electrons. The quantitative estimate of drug-likeness (QED) is 0.342. The van der Waals surface area contributed by atoms with Gasteiger partial charge in [-0.15, -0.1) is 0 Å². The molecule has 0 saturated heterocycles. The number of rotatable bonds is 8. The Labute approximate surface area is 184 Å². The highest BCUT2D eigenvalue weighted by Gasteiger charge is 2.58. The summed E-state index contributed by atoms with van der Waals surface area (Å²) in [4.78, 5) is 29.3. The summed E-state index contributed by atoms with van der Waals surface area (Å²) < 4.78 is 69.0. The Kier molecular flexibility index (Phi) is 6.82. The van der Waals surface area contributed by atoms with E-state index in [4.69, 9.17) is 0 Å². The molecule has 2 heterocycles. The standard InChI is InChI=1S/C20H20F5N3O3S/c1-3-13(4-2)32-18-27-16-14(9-15(29)26-16)17(30)28(18)11-5-7-12(8-6-11)31-10-19(21,22)20(23,24)25/h5-8,13H,3-4,9-10H2,1-2H3,(H,26,29). The minimum absolute atomic E-state index is 0.120. The van der Waals surface area contributed by atoms with Gasteiger partial charge in [0.2, 0.25) is 5.91 Å². The topological polar surface area (TPSA) is 73.2 Å². The van der Waals surface area contributed by atoms with E-state index in [2.05, 4.69) is 15.0 Å². The average Bonchev–Trinajstić information content (AvgIpc) is 3.11. The van der Waals surface area contributed by atoms with E-state index in [-0.39, 0.29) is 34.7 Å². The van der Waals surface area contributed by atoms with Gasteiger partial charge in [0.25, 0.3) is 5.56 Å². The number of anilines is 1. The molecule has 0 saturated carbocycles.